The highest BCUT2D eigenvalue weighted by atomic mass is 35.5. The lowest BCUT2D eigenvalue weighted by Gasteiger charge is -2.28. The van der Waals surface area contributed by atoms with Crippen molar-refractivity contribution in [2.75, 3.05) is 19.0 Å². The van der Waals surface area contributed by atoms with E-state index >= 15 is 0 Å². The van der Waals surface area contributed by atoms with Crippen LogP contribution in [0.3, 0.4) is 0 Å². The van der Waals surface area contributed by atoms with E-state index in [0.29, 0.717) is 17.3 Å². The third-order valence-corrected chi connectivity index (χ3v) is 3.04. The molecule has 0 radical (unpaired) electrons. The van der Waals surface area contributed by atoms with Crippen molar-refractivity contribution in [3.8, 4) is 5.75 Å². The molecular weight excluding hydrogens is 236 g/mol. The predicted molar refractivity (Wildman–Crippen MR) is 74.1 cm³/mol. The molecule has 3 nitrogen and oxygen atoms in total. The largest absolute Gasteiger partial charge is 0.495 e. The summed E-state index contributed by atoms with van der Waals surface area (Å²) < 4.78 is 5.18. The molecule has 0 spiro atoms. The zero-order valence-corrected chi connectivity index (χ0v) is 11.7. The van der Waals surface area contributed by atoms with E-state index in [1.807, 2.05) is 19.1 Å². The monoisotopic (exact) mass is 256 g/mol. The molecule has 0 unspecified atom stereocenters. The van der Waals surface area contributed by atoms with Gasteiger partial charge in [-0.1, -0.05) is 11.6 Å². The Bertz CT molecular complexity index is 391. The second kappa shape index (κ2) is 5.61. The van der Waals surface area contributed by atoms with E-state index in [0.717, 1.165) is 17.7 Å². The first-order valence-electron chi connectivity index (χ1n) is 5.72. The van der Waals surface area contributed by atoms with E-state index < -0.39 is 0 Å². The van der Waals surface area contributed by atoms with Gasteiger partial charge in [0.15, 0.2) is 0 Å². The molecular formula is C13H21ClN2O. The molecule has 0 saturated heterocycles. The first-order chi connectivity index (χ1) is 7.89. The second-order valence-electron chi connectivity index (χ2n) is 4.85. The van der Waals surface area contributed by atoms with Crippen molar-refractivity contribution >= 4 is 17.3 Å². The van der Waals surface area contributed by atoms with Crippen LogP contribution in [-0.2, 0) is 0 Å². The van der Waals surface area contributed by atoms with E-state index in [9.17, 15) is 0 Å². The molecule has 0 bridgehead atoms. The van der Waals surface area contributed by atoms with Crippen molar-refractivity contribution in [2.24, 2.45) is 5.73 Å². The molecule has 17 heavy (non-hydrogen) atoms. The molecule has 0 aliphatic rings. The van der Waals surface area contributed by atoms with Crippen LogP contribution in [0.5, 0.6) is 5.75 Å². The summed E-state index contributed by atoms with van der Waals surface area (Å²) in [5.74, 6) is 0.700. The number of methoxy groups -OCH3 is 1. The van der Waals surface area contributed by atoms with Crippen molar-refractivity contribution in [1.82, 2.24) is 0 Å². The predicted octanol–water partition coefficient (Wildman–Crippen LogP) is 3.20. The molecule has 0 heterocycles. The third kappa shape index (κ3) is 3.79. The van der Waals surface area contributed by atoms with E-state index in [4.69, 9.17) is 22.1 Å². The number of aryl methyl sites for hydroxylation is 1. The Labute approximate surface area is 108 Å². The van der Waals surface area contributed by atoms with Crippen LogP contribution in [-0.4, -0.2) is 19.2 Å². The maximum Gasteiger partial charge on any atom is 0.137 e. The van der Waals surface area contributed by atoms with Gasteiger partial charge in [-0.25, -0.2) is 0 Å². The maximum absolute atomic E-state index is 6.12. The molecule has 0 aliphatic carbocycles. The maximum atomic E-state index is 6.12. The standard InChI is InChI=1S/C13H21ClN2O/c1-9-7-12(17-4)10(14)8-11(9)16-13(2,3)5-6-15/h7-8,16H,5-6,15H2,1-4H3. The van der Waals surface area contributed by atoms with Gasteiger partial charge in [0.05, 0.1) is 12.1 Å². The van der Waals surface area contributed by atoms with Gasteiger partial charge in [0.25, 0.3) is 0 Å². The first kappa shape index (κ1) is 14.1. The second-order valence-corrected chi connectivity index (χ2v) is 5.26. The average molecular weight is 257 g/mol. The molecule has 0 aliphatic heterocycles. The Hall–Kier alpha value is -0.930. The SMILES string of the molecule is COc1cc(C)c(NC(C)(C)CCN)cc1Cl. The van der Waals surface area contributed by atoms with E-state index in [1.165, 1.54) is 0 Å². The normalized spacial score (nSPS) is 11.4. The lowest BCUT2D eigenvalue weighted by Crippen LogP contribution is -2.33. The number of nitrogens with two attached hydrogens (primary N) is 1. The number of rotatable bonds is 5. The summed E-state index contributed by atoms with van der Waals surface area (Å²) >= 11 is 6.12. The van der Waals surface area contributed by atoms with Crippen LogP contribution in [0.15, 0.2) is 12.1 Å². The Morgan fingerprint density at radius 3 is 2.59 bits per heavy atom. The fourth-order valence-corrected chi connectivity index (χ4v) is 1.97. The van der Waals surface area contributed by atoms with E-state index in [2.05, 4.69) is 19.2 Å². The number of hydrogen-bond donors (Lipinski definition) is 2. The van der Waals surface area contributed by atoms with Crippen molar-refractivity contribution in [3.05, 3.63) is 22.7 Å². The van der Waals surface area contributed by atoms with E-state index in [-0.39, 0.29) is 5.54 Å². The summed E-state index contributed by atoms with van der Waals surface area (Å²) in [6.07, 6.45) is 0.899. The van der Waals surface area contributed by atoms with Crippen LogP contribution >= 0.6 is 11.6 Å². The average Bonchev–Trinajstić information content (AvgIpc) is 2.22. The van der Waals surface area contributed by atoms with Gasteiger partial charge < -0.3 is 15.8 Å². The molecule has 1 aromatic carbocycles. The molecule has 1 rings (SSSR count). The highest BCUT2D eigenvalue weighted by Gasteiger charge is 2.18. The van der Waals surface area contributed by atoms with Gasteiger partial charge in [-0.3, -0.25) is 0 Å². The number of nitrogens with one attached hydrogen (secondary N) is 1. The molecule has 1 aromatic rings. The summed E-state index contributed by atoms with van der Waals surface area (Å²) in [4.78, 5) is 0. The number of ether oxygens (including phenoxy) is 1. The van der Waals surface area contributed by atoms with Crippen LogP contribution < -0.4 is 15.8 Å². The van der Waals surface area contributed by atoms with Gasteiger partial charge in [-0.2, -0.15) is 0 Å². The lowest BCUT2D eigenvalue weighted by molar-refractivity contribution is 0.414. The molecule has 0 amide bonds. The van der Waals surface area contributed by atoms with Gasteiger partial charge in [0.2, 0.25) is 0 Å². The molecule has 96 valence electrons. The minimum atomic E-state index is -0.0442. The zero-order valence-electron chi connectivity index (χ0n) is 10.9. The van der Waals surface area contributed by atoms with Crippen molar-refractivity contribution in [2.45, 2.75) is 32.7 Å². The Morgan fingerprint density at radius 1 is 1.41 bits per heavy atom. The van der Waals surface area contributed by atoms with Gasteiger partial charge in [0.1, 0.15) is 5.75 Å². The molecule has 0 fully saturated rings. The van der Waals surface area contributed by atoms with Gasteiger partial charge >= 0.3 is 0 Å². The minimum absolute atomic E-state index is 0.0442. The van der Waals surface area contributed by atoms with Crippen LogP contribution in [0.4, 0.5) is 5.69 Å². The number of anilines is 1. The Morgan fingerprint density at radius 2 is 2.06 bits per heavy atom. The highest BCUT2D eigenvalue weighted by Crippen LogP contribution is 2.32. The van der Waals surface area contributed by atoms with Crippen LogP contribution in [0.2, 0.25) is 5.02 Å². The smallest absolute Gasteiger partial charge is 0.137 e. The summed E-state index contributed by atoms with van der Waals surface area (Å²) in [6, 6.07) is 3.83. The van der Waals surface area contributed by atoms with Crippen molar-refractivity contribution in [3.63, 3.8) is 0 Å². The van der Waals surface area contributed by atoms with Gasteiger partial charge in [-0.05, 0) is 51.4 Å². The quantitative estimate of drug-likeness (QED) is 0.851. The molecule has 0 aromatic heterocycles. The molecule has 3 N–H and O–H groups in total. The summed E-state index contributed by atoms with van der Waals surface area (Å²) in [6.45, 7) is 6.93. The fraction of sp³-hybridized carbons (Fsp3) is 0.538. The van der Waals surface area contributed by atoms with Crippen LogP contribution in [0.1, 0.15) is 25.8 Å². The van der Waals surface area contributed by atoms with Crippen LogP contribution in [0.25, 0.3) is 0 Å². The summed E-state index contributed by atoms with van der Waals surface area (Å²) in [5.41, 5.74) is 7.68. The van der Waals surface area contributed by atoms with Gasteiger partial charge in [-0.15, -0.1) is 0 Å². The number of halogens is 1. The number of hydrogen-bond acceptors (Lipinski definition) is 3. The van der Waals surface area contributed by atoms with Gasteiger partial charge in [0, 0.05) is 11.2 Å². The molecule has 0 saturated carbocycles. The molecule has 4 heteroatoms. The zero-order chi connectivity index (χ0) is 13.1. The topological polar surface area (TPSA) is 47.3 Å². The fourth-order valence-electron chi connectivity index (χ4n) is 1.73. The Balaban J connectivity index is 2.96. The van der Waals surface area contributed by atoms with E-state index in [1.54, 1.807) is 7.11 Å². The number of benzene rings is 1. The summed E-state index contributed by atoms with van der Waals surface area (Å²) in [7, 11) is 1.62. The Kier molecular flexibility index (Phi) is 4.66. The van der Waals surface area contributed by atoms with Crippen molar-refractivity contribution in [1.29, 1.82) is 0 Å². The minimum Gasteiger partial charge on any atom is -0.495 e. The highest BCUT2D eigenvalue weighted by molar-refractivity contribution is 6.32. The lowest BCUT2D eigenvalue weighted by atomic mass is 9.99. The van der Waals surface area contributed by atoms with Crippen LogP contribution in [0, 0.1) is 6.92 Å². The first-order valence-corrected chi connectivity index (χ1v) is 6.10. The molecule has 0 atom stereocenters. The third-order valence-electron chi connectivity index (χ3n) is 2.74. The summed E-state index contributed by atoms with van der Waals surface area (Å²) in [5, 5.41) is 4.07. The van der Waals surface area contributed by atoms with Crippen molar-refractivity contribution < 1.29 is 4.74 Å².